The monoisotopic (exact) mass is 372 g/mol. The Morgan fingerprint density at radius 1 is 1.25 bits per heavy atom. The van der Waals surface area contributed by atoms with Crippen molar-refractivity contribution in [1.29, 1.82) is 0 Å². The van der Waals surface area contributed by atoms with Gasteiger partial charge in [-0.1, -0.05) is 23.2 Å². The van der Waals surface area contributed by atoms with Gasteiger partial charge in [-0.25, -0.2) is 0 Å². The van der Waals surface area contributed by atoms with Crippen LogP contribution in [0.2, 0.25) is 10.0 Å². The van der Waals surface area contributed by atoms with E-state index >= 15 is 0 Å². The van der Waals surface area contributed by atoms with Gasteiger partial charge in [0, 0.05) is 37.8 Å². The van der Waals surface area contributed by atoms with Gasteiger partial charge in [-0.2, -0.15) is 0 Å². The van der Waals surface area contributed by atoms with Crippen molar-refractivity contribution in [2.24, 2.45) is 0 Å². The normalized spacial score (nSPS) is 25.0. The second-order valence-electron chi connectivity index (χ2n) is 6.52. The van der Waals surface area contributed by atoms with Crippen LogP contribution in [0.5, 0.6) is 0 Å². The fraction of sp³-hybridized carbons (Fsp3) is 0.588. The maximum atomic E-state index is 12.5. The summed E-state index contributed by atoms with van der Waals surface area (Å²) in [4.78, 5) is 16.4. The molecule has 5 nitrogen and oxygen atoms in total. The number of halogens is 2. The number of carbonyl (C=O) groups is 1. The number of carbonyl (C=O) groups excluding carboxylic acids is 1. The molecular weight excluding hydrogens is 351 g/mol. The molecule has 2 aliphatic rings. The fourth-order valence-corrected chi connectivity index (χ4v) is 3.83. The van der Waals surface area contributed by atoms with Gasteiger partial charge in [0.15, 0.2) is 0 Å². The zero-order valence-electron chi connectivity index (χ0n) is 13.5. The predicted molar refractivity (Wildman–Crippen MR) is 94.9 cm³/mol. The first-order valence-corrected chi connectivity index (χ1v) is 9.00. The number of benzene rings is 1. The van der Waals surface area contributed by atoms with Crippen molar-refractivity contribution in [3.05, 3.63) is 28.2 Å². The summed E-state index contributed by atoms with van der Waals surface area (Å²) in [6, 6.07) is 5.46. The summed E-state index contributed by atoms with van der Waals surface area (Å²) in [5.74, 6) is -0.00940. The summed E-state index contributed by atoms with van der Waals surface area (Å²) in [7, 11) is 0. The van der Waals surface area contributed by atoms with Crippen LogP contribution in [0.15, 0.2) is 18.2 Å². The molecule has 0 saturated carbocycles. The molecule has 7 heteroatoms. The summed E-state index contributed by atoms with van der Waals surface area (Å²) in [6.07, 6.45) is 1.56. The molecule has 0 radical (unpaired) electrons. The van der Waals surface area contributed by atoms with Crippen molar-refractivity contribution in [3.63, 3.8) is 0 Å². The Labute approximate surface area is 152 Å². The SMILES string of the molecule is O=C(CC1(O)CCCOC1)N1CCN(c2ccc(Cl)cc2Cl)CC1. The quantitative estimate of drug-likeness (QED) is 0.885. The molecular formula is C17H22Cl2N2O3. The number of aliphatic hydroxyl groups is 1. The molecule has 0 aliphatic carbocycles. The number of hydrogen-bond acceptors (Lipinski definition) is 4. The van der Waals surface area contributed by atoms with Crippen LogP contribution < -0.4 is 4.90 Å². The second-order valence-corrected chi connectivity index (χ2v) is 7.36. The van der Waals surface area contributed by atoms with Crippen LogP contribution in [0.1, 0.15) is 19.3 Å². The van der Waals surface area contributed by atoms with Crippen LogP contribution in [0, 0.1) is 0 Å². The zero-order chi connectivity index (χ0) is 17.2. The van der Waals surface area contributed by atoms with Gasteiger partial charge in [-0.05, 0) is 31.0 Å². The largest absolute Gasteiger partial charge is 0.387 e. The van der Waals surface area contributed by atoms with E-state index in [0.29, 0.717) is 49.3 Å². The lowest BCUT2D eigenvalue weighted by atomic mass is 9.92. The van der Waals surface area contributed by atoms with Crippen molar-refractivity contribution in [1.82, 2.24) is 4.90 Å². The third-order valence-electron chi connectivity index (χ3n) is 4.66. The Morgan fingerprint density at radius 2 is 2.00 bits per heavy atom. The van der Waals surface area contributed by atoms with Crippen LogP contribution >= 0.6 is 23.2 Å². The van der Waals surface area contributed by atoms with Crippen LogP contribution in [0.4, 0.5) is 5.69 Å². The number of rotatable bonds is 3. The Kier molecular flexibility index (Phi) is 5.55. The van der Waals surface area contributed by atoms with Crippen molar-refractivity contribution >= 4 is 34.8 Å². The number of nitrogens with zero attached hydrogens (tertiary/aromatic N) is 2. The third kappa shape index (κ3) is 4.14. The van der Waals surface area contributed by atoms with E-state index in [0.717, 1.165) is 12.1 Å². The fourth-order valence-electron chi connectivity index (χ4n) is 3.30. The first-order chi connectivity index (χ1) is 11.5. The van der Waals surface area contributed by atoms with Gasteiger partial charge >= 0.3 is 0 Å². The van der Waals surface area contributed by atoms with Gasteiger partial charge in [-0.15, -0.1) is 0 Å². The van der Waals surface area contributed by atoms with Gasteiger partial charge in [-0.3, -0.25) is 4.79 Å². The van der Waals surface area contributed by atoms with Gasteiger partial charge in [0.05, 0.1) is 29.3 Å². The van der Waals surface area contributed by atoms with Crippen LogP contribution in [-0.2, 0) is 9.53 Å². The van der Waals surface area contributed by atoms with Crippen LogP contribution in [0.3, 0.4) is 0 Å². The Morgan fingerprint density at radius 3 is 2.62 bits per heavy atom. The lowest BCUT2D eigenvalue weighted by Crippen LogP contribution is -2.51. The molecule has 24 heavy (non-hydrogen) atoms. The van der Waals surface area contributed by atoms with Crippen LogP contribution in [-0.4, -0.2) is 60.9 Å². The summed E-state index contributed by atoms with van der Waals surface area (Å²) >= 11 is 12.2. The summed E-state index contributed by atoms with van der Waals surface area (Å²) in [5.41, 5.74) is -0.0705. The average molecular weight is 373 g/mol. The number of piperazine rings is 1. The molecule has 1 N–H and O–H groups in total. The number of amides is 1. The molecule has 1 atom stereocenters. The van der Waals surface area contributed by atoms with Crippen molar-refractivity contribution in [3.8, 4) is 0 Å². The Bertz CT molecular complexity index is 597. The highest BCUT2D eigenvalue weighted by molar-refractivity contribution is 6.36. The van der Waals surface area contributed by atoms with E-state index in [-0.39, 0.29) is 18.9 Å². The second kappa shape index (κ2) is 7.48. The molecule has 1 unspecified atom stereocenters. The average Bonchev–Trinajstić information content (AvgIpc) is 2.55. The Balaban J connectivity index is 1.55. The first-order valence-electron chi connectivity index (χ1n) is 8.25. The maximum absolute atomic E-state index is 12.5. The van der Waals surface area contributed by atoms with E-state index in [1.54, 1.807) is 6.07 Å². The molecule has 1 aromatic rings. The molecule has 0 bridgehead atoms. The molecule has 2 aliphatic heterocycles. The molecule has 2 heterocycles. The van der Waals surface area contributed by atoms with E-state index in [1.165, 1.54) is 0 Å². The zero-order valence-corrected chi connectivity index (χ0v) is 15.0. The minimum atomic E-state index is -1.01. The number of ether oxygens (including phenoxy) is 1. The molecule has 1 amide bonds. The van der Waals surface area contributed by atoms with E-state index in [2.05, 4.69) is 4.90 Å². The lowest BCUT2D eigenvalue weighted by Gasteiger charge is -2.38. The minimum absolute atomic E-state index is 0.00940. The molecule has 0 spiro atoms. The number of anilines is 1. The van der Waals surface area contributed by atoms with E-state index in [4.69, 9.17) is 27.9 Å². The van der Waals surface area contributed by atoms with E-state index in [1.807, 2.05) is 17.0 Å². The molecule has 132 valence electrons. The van der Waals surface area contributed by atoms with Crippen LogP contribution in [0.25, 0.3) is 0 Å². The molecule has 3 rings (SSSR count). The molecule has 0 aromatic heterocycles. The minimum Gasteiger partial charge on any atom is -0.387 e. The van der Waals surface area contributed by atoms with Gasteiger partial charge in [0.1, 0.15) is 0 Å². The highest BCUT2D eigenvalue weighted by Gasteiger charge is 2.35. The standard InChI is InChI=1S/C17H22Cl2N2O3/c18-13-2-3-15(14(19)10-13)20-5-7-21(8-6-20)16(22)11-17(23)4-1-9-24-12-17/h2-3,10,23H,1,4-9,11-12H2. The highest BCUT2D eigenvalue weighted by Crippen LogP contribution is 2.30. The molecule has 2 saturated heterocycles. The van der Waals surface area contributed by atoms with Gasteiger partial charge in [0.25, 0.3) is 0 Å². The third-order valence-corrected chi connectivity index (χ3v) is 5.20. The first kappa shape index (κ1) is 17.8. The van der Waals surface area contributed by atoms with Crippen molar-refractivity contribution in [2.75, 3.05) is 44.3 Å². The smallest absolute Gasteiger partial charge is 0.225 e. The van der Waals surface area contributed by atoms with Gasteiger partial charge in [0.2, 0.25) is 5.91 Å². The van der Waals surface area contributed by atoms with Crippen molar-refractivity contribution < 1.29 is 14.6 Å². The molecule has 2 fully saturated rings. The topological polar surface area (TPSA) is 53.0 Å². The van der Waals surface area contributed by atoms with E-state index in [9.17, 15) is 9.90 Å². The molecule has 1 aromatic carbocycles. The van der Waals surface area contributed by atoms with Crippen molar-refractivity contribution in [2.45, 2.75) is 24.9 Å². The van der Waals surface area contributed by atoms with Gasteiger partial charge < -0.3 is 19.6 Å². The maximum Gasteiger partial charge on any atom is 0.225 e. The highest BCUT2D eigenvalue weighted by atomic mass is 35.5. The lowest BCUT2D eigenvalue weighted by molar-refractivity contribution is -0.144. The Hall–Kier alpha value is -1.01. The summed E-state index contributed by atoms with van der Waals surface area (Å²) in [6.45, 7) is 3.57. The predicted octanol–water partition coefficient (Wildman–Crippen LogP) is 2.57. The summed E-state index contributed by atoms with van der Waals surface area (Å²) < 4.78 is 5.32. The summed E-state index contributed by atoms with van der Waals surface area (Å²) in [5, 5.41) is 11.7. The number of hydrogen-bond donors (Lipinski definition) is 1. The van der Waals surface area contributed by atoms with E-state index < -0.39 is 5.60 Å².